The Morgan fingerprint density at radius 2 is 2.00 bits per heavy atom. The number of carbonyl (C=O) groups is 1. The van der Waals surface area contributed by atoms with Crippen LogP contribution in [0, 0.1) is 0 Å². The Bertz CT molecular complexity index is 905. The van der Waals surface area contributed by atoms with E-state index < -0.39 is 5.97 Å². The minimum Gasteiger partial charge on any atom is -0.496 e. The molecule has 0 unspecified atom stereocenters. The second-order valence-electron chi connectivity index (χ2n) is 5.92. The Hall–Kier alpha value is -2.79. The maximum Gasteiger partial charge on any atom is 0.363 e. The third kappa shape index (κ3) is 4.49. The first-order valence-corrected chi connectivity index (χ1v) is 9.08. The van der Waals surface area contributed by atoms with E-state index in [9.17, 15) is 4.79 Å². The first-order chi connectivity index (χ1) is 13.1. The van der Waals surface area contributed by atoms with Crippen molar-refractivity contribution in [3.05, 3.63) is 64.3 Å². The van der Waals surface area contributed by atoms with Crippen LogP contribution in [0.5, 0.6) is 11.5 Å². The van der Waals surface area contributed by atoms with Gasteiger partial charge in [0.15, 0.2) is 5.70 Å². The summed E-state index contributed by atoms with van der Waals surface area (Å²) in [6, 6.07) is 12.6. The second kappa shape index (κ2) is 8.73. The van der Waals surface area contributed by atoms with Gasteiger partial charge in [0.05, 0.1) is 19.3 Å². The molecule has 6 heteroatoms. The van der Waals surface area contributed by atoms with Crippen LogP contribution in [0.25, 0.3) is 6.08 Å². The summed E-state index contributed by atoms with van der Waals surface area (Å²) < 4.78 is 16.4. The SMILES string of the molecule is CCCCOc1ccccc1C=C1N=C(c2cc(Cl)ccc2OC)OC1=O. The number of benzene rings is 2. The predicted octanol–water partition coefficient (Wildman–Crippen LogP) is 4.87. The molecule has 2 aromatic carbocycles. The summed E-state index contributed by atoms with van der Waals surface area (Å²) in [7, 11) is 1.53. The number of para-hydroxylation sites is 1. The first kappa shape index (κ1) is 19.0. The molecule has 0 fully saturated rings. The molecule has 2 aromatic rings. The number of cyclic esters (lactones) is 1. The molecule has 0 spiro atoms. The number of rotatable bonds is 7. The lowest BCUT2D eigenvalue weighted by molar-refractivity contribution is -0.129. The molecule has 3 rings (SSSR count). The van der Waals surface area contributed by atoms with Crippen LogP contribution in [0.2, 0.25) is 5.02 Å². The normalized spacial score (nSPS) is 14.9. The Morgan fingerprint density at radius 1 is 1.19 bits per heavy atom. The lowest BCUT2D eigenvalue weighted by Crippen LogP contribution is -2.07. The summed E-state index contributed by atoms with van der Waals surface area (Å²) in [5.41, 5.74) is 1.48. The van der Waals surface area contributed by atoms with Crippen molar-refractivity contribution in [2.75, 3.05) is 13.7 Å². The van der Waals surface area contributed by atoms with Crippen molar-refractivity contribution in [1.29, 1.82) is 0 Å². The fourth-order valence-electron chi connectivity index (χ4n) is 2.58. The fourth-order valence-corrected chi connectivity index (χ4v) is 2.75. The van der Waals surface area contributed by atoms with E-state index in [2.05, 4.69) is 11.9 Å². The molecule has 1 aliphatic heterocycles. The topological polar surface area (TPSA) is 57.1 Å². The van der Waals surface area contributed by atoms with Crippen LogP contribution in [-0.4, -0.2) is 25.6 Å². The van der Waals surface area contributed by atoms with Gasteiger partial charge in [-0.15, -0.1) is 0 Å². The lowest BCUT2D eigenvalue weighted by atomic mass is 10.1. The van der Waals surface area contributed by atoms with Gasteiger partial charge in [-0.05, 0) is 36.8 Å². The van der Waals surface area contributed by atoms with Crippen LogP contribution in [0.1, 0.15) is 30.9 Å². The number of ether oxygens (including phenoxy) is 3. The van der Waals surface area contributed by atoms with E-state index in [1.165, 1.54) is 7.11 Å². The van der Waals surface area contributed by atoms with Crippen molar-refractivity contribution in [3.8, 4) is 11.5 Å². The van der Waals surface area contributed by atoms with Crippen LogP contribution in [0.15, 0.2) is 53.2 Å². The molecule has 27 heavy (non-hydrogen) atoms. The van der Waals surface area contributed by atoms with Crippen LogP contribution in [0.4, 0.5) is 0 Å². The number of carbonyl (C=O) groups excluding carboxylic acids is 1. The molecule has 0 amide bonds. The Kier molecular flexibility index (Phi) is 6.14. The number of methoxy groups -OCH3 is 1. The largest absolute Gasteiger partial charge is 0.496 e. The van der Waals surface area contributed by atoms with Gasteiger partial charge >= 0.3 is 5.97 Å². The molecule has 0 radical (unpaired) electrons. The van der Waals surface area contributed by atoms with Crippen LogP contribution < -0.4 is 9.47 Å². The van der Waals surface area contributed by atoms with Crippen molar-refractivity contribution in [2.24, 2.45) is 4.99 Å². The molecular weight excluding hydrogens is 366 g/mol. The quantitative estimate of drug-likeness (QED) is 0.387. The average Bonchev–Trinajstić information content (AvgIpc) is 3.03. The average molecular weight is 386 g/mol. The maximum atomic E-state index is 12.3. The molecule has 140 valence electrons. The number of unbranched alkanes of at least 4 members (excludes halogenated alkanes) is 1. The molecule has 0 N–H and O–H groups in total. The smallest absolute Gasteiger partial charge is 0.363 e. The summed E-state index contributed by atoms with van der Waals surface area (Å²) in [6.45, 7) is 2.72. The van der Waals surface area contributed by atoms with Gasteiger partial charge in [-0.1, -0.05) is 43.1 Å². The molecule has 0 aliphatic carbocycles. The Balaban J connectivity index is 1.92. The molecule has 5 nitrogen and oxygen atoms in total. The molecule has 0 bridgehead atoms. The van der Waals surface area contributed by atoms with Crippen LogP contribution in [0.3, 0.4) is 0 Å². The van der Waals surface area contributed by atoms with Gasteiger partial charge in [0, 0.05) is 10.6 Å². The molecular formula is C21H20ClNO4. The van der Waals surface area contributed by atoms with Gasteiger partial charge in [0.1, 0.15) is 11.5 Å². The van der Waals surface area contributed by atoms with E-state index >= 15 is 0 Å². The highest BCUT2D eigenvalue weighted by atomic mass is 35.5. The number of aliphatic imine (C=N–C) groups is 1. The summed E-state index contributed by atoms with van der Waals surface area (Å²) >= 11 is 6.05. The number of nitrogens with zero attached hydrogens (tertiary/aromatic N) is 1. The lowest BCUT2D eigenvalue weighted by Gasteiger charge is -2.08. The molecule has 0 aromatic heterocycles. The number of hydrogen-bond acceptors (Lipinski definition) is 5. The van der Waals surface area contributed by atoms with Gasteiger partial charge in [-0.2, -0.15) is 0 Å². The van der Waals surface area contributed by atoms with Gasteiger partial charge in [0.2, 0.25) is 5.90 Å². The van der Waals surface area contributed by atoms with Gasteiger partial charge in [-0.3, -0.25) is 0 Å². The molecule has 0 saturated carbocycles. The number of halogens is 1. The van der Waals surface area contributed by atoms with E-state index in [0.717, 1.165) is 18.4 Å². The van der Waals surface area contributed by atoms with Crippen LogP contribution in [-0.2, 0) is 9.53 Å². The zero-order chi connectivity index (χ0) is 19.2. The third-order valence-corrected chi connectivity index (χ3v) is 4.21. The zero-order valence-electron chi connectivity index (χ0n) is 15.2. The second-order valence-corrected chi connectivity index (χ2v) is 6.36. The van der Waals surface area contributed by atoms with Crippen molar-refractivity contribution < 1.29 is 19.0 Å². The Morgan fingerprint density at radius 3 is 2.78 bits per heavy atom. The van der Waals surface area contributed by atoms with Gasteiger partial charge < -0.3 is 14.2 Å². The molecule has 1 aliphatic rings. The zero-order valence-corrected chi connectivity index (χ0v) is 16.0. The van der Waals surface area contributed by atoms with Crippen molar-refractivity contribution in [1.82, 2.24) is 0 Å². The summed E-state index contributed by atoms with van der Waals surface area (Å²) in [5, 5.41) is 0.497. The number of esters is 1. The highest BCUT2D eigenvalue weighted by Gasteiger charge is 2.26. The molecule has 0 atom stereocenters. The van der Waals surface area contributed by atoms with Crippen molar-refractivity contribution in [2.45, 2.75) is 19.8 Å². The fraction of sp³-hybridized carbons (Fsp3) is 0.238. The van der Waals surface area contributed by atoms with Gasteiger partial charge in [0.25, 0.3) is 0 Å². The number of hydrogen-bond donors (Lipinski definition) is 0. The standard InChI is InChI=1S/C21H20ClNO4/c1-3-4-11-26-18-8-6-5-7-14(18)12-17-21(24)27-20(23-17)16-13-15(22)9-10-19(16)25-2/h5-10,12-13H,3-4,11H2,1-2H3. The first-order valence-electron chi connectivity index (χ1n) is 8.70. The maximum absolute atomic E-state index is 12.3. The van der Waals surface area contributed by atoms with E-state index in [1.54, 1.807) is 24.3 Å². The van der Waals surface area contributed by atoms with Gasteiger partial charge in [-0.25, -0.2) is 9.79 Å². The highest BCUT2D eigenvalue weighted by Crippen LogP contribution is 2.29. The Labute approximate surface area is 163 Å². The monoisotopic (exact) mass is 385 g/mol. The predicted molar refractivity (Wildman–Crippen MR) is 105 cm³/mol. The summed E-state index contributed by atoms with van der Waals surface area (Å²) in [5.74, 6) is 0.858. The van der Waals surface area contributed by atoms with Crippen LogP contribution >= 0.6 is 11.6 Å². The minimum absolute atomic E-state index is 0.162. The third-order valence-electron chi connectivity index (χ3n) is 3.98. The van der Waals surface area contributed by atoms with E-state index in [0.29, 0.717) is 28.7 Å². The minimum atomic E-state index is -0.532. The molecule has 1 heterocycles. The van der Waals surface area contributed by atoms with Crippen molar-refractivity contribution >= 4 is 29.5 Å². The van der Waals surface area contributed by atoms with E-state index in [1.807, 2.05) is 24.3 Å². The van der Waals surface area contributed by atoms with E-state index in [-0.39, 0.29) is 11.6 Å². The van der Waals surface area contributed by atoms with E-state index in [4.69, 9.17) is 25.8 Å². The highest BCUT2D eigenvalue weighted by molar-refractivity contribution is 6.31. The molecule has 0 saturated heterocycles. The van der Waals surface area contributed by atoms with Crippen molar-refractivity contribution in [3.63, 3.8) is 0 Å². The summed E-state index contributed by atoms with van der Waals surface area (Å²) in [6.07, 6.45) is 3.67. The summed E-state index contributed by atoms with van der Waals surface area (Å²) in [4.78, 5) is 16.6.